The van der Waals surface area contributed by atoms with Crippen LogP contribution in [0.5, 0.6) is 0 Å². The summed E-state index contributed by atoms with van der Waals surface area (Å²) in [5.74, 6) is -0.517. The minimum atomic E-state index is -0.609. The van der Waals surface area contributed by atoms with Gasteiger partial charge in [-0.1, -0.05) is 20.8 Å². The molecule has 0 saturated heterocycles. The second kappa shape index (κ2) is 8.11. The van der Waals surface area contributed by atoms with Gasteiger partial charge in [0.05, 0.1) is 11.1 Å². The normalized spacial score (nSPS) is 16.0. The number of nitrogens with zero attached hydrogens (tertiary/aromatic N) is 2. The number of aromatic nitrogens is 1. The van der Waals surface area contributed by atoms with E-state index in [9.17, 15) is 14.9 Å². The summed E-state index contributed by atoms with van der Waals surface area (Å²) < 4.78 is 5.03. The lowest BCUT2D eigenvalue weighted by Gasteiger charge is -2.33. The molecule has 1 atom stereocenters. The standard InChI is InChI=1S/C21H23N3O3S/c1-21(2,3)14-6-7-15-16(10-22)19(28-17(15)9-14)24-18(25)12-27-20(26)13-5-4-8-23-11-13/h4-5,8,11,14H,6-7,9,12H2,1-3H3,(H,24,25). The molecule has 0 spiro atoms. The van der Waals surface area contributed by atoms with Gasteiger partial charge < -0.3 is 10.1 Å². The molecule has 0 saturated carbocycles. The zero-order chi connectivity index (χ0) is 20.3. The first-order valence-corrected chi connectivity index (χ1v) is 10.0. The van der Waals surface area contributed by atoms with Crippen LogP contribution < -0.4 is 5.32 Å². The van der Waals surface area contributed by atoms with Gasteiger partial charge in [-0.2, -0.15) is 5.26 Å². The van der Waals surface area contributed by atoms with Gasteiger partial charge in [0.2, 0.25) is 0 Å². The van der Waals surface area contributed by atoms with Crippen LogP contribution in [-0.4, -0.2) is 23.5 Å². The Labute approximate surface area is 168 Å². The maximum Gasteiger partial charge on any atom is 0.340 e. The summed E-state index contributed by atoms with van der Waals surface area (Å²) >= 11 is 1.46. The molecule has 1 unspecified atom stereocenters. The van der Waals surface area contributed by atoms with Gasteiger partial charge in [0.1, 0.15) is 11.1 Å². The van der Waals surface area contributed by atoms with E-state index in [0.717, 1.165) is 24.8 Å². The Balaban J connectivity index is 1.66. The van der Waals surface area contributed by atoms with Crippen molar-refractivity contribution in [1.82, 2.24) is 4.98 Å². The lowest BCUT2D eigenvalue weighted by Crippen LogP contribution is -2.26. The Morgan fingerprint density at radius 2 is 2.21 bits per heavy atom. The van der Waals surface area contributed by atoms with Crippen LogP contribution in [0, 0.1) is 22.7 Å². The van der Waals surface area contributed by atoms with Crippen molar-refractivity contribution in [3.63, 3.8) is 0 Å². The molecule has 6 nitrogen and oxygen atoms in total. The number of amides is 1. The fraction of sp³-hybridized carbons (Fsp3) is 0.429. The monoisotopic (exact) mass is 397 g/mol. The first-order chi connectivity index (χ1) is 13.3. The third kappa shape index (κ3) is 4.39. The van der Waals surface area contributed by atoms with E-state index in [1.165, 1.54) is 22.4 Å². The van der Waals surface area contributed by atoms with Gasteiger partial charge in [-0.3, -0.25) is 9.78 Å². The van der Waals surface area contributed by atoms with Crippen LogP contribution in [0.25, 0.3) is 0 Å². The zero-order valence-electron chi connectivity index (χ0n) is 16.2. The van der Waals surface area contributed by atoms with Gasteiger partial charge in [0, 0.05) is 17.3 Å². The molecule has 7 heteroatoms. The van der Waals surface area contributed by atoms with Crippen LogP contribution >= 0.6 is 11.3 Å². The number of hydrogen-bond donors (Lipinski definition) is 1. The quantitative estimate of drug-likeness (QED) is 0.789. The highest BCUT2D eigenvalue weighted by molar-refractivity contribution is 7.16. The van der Waals surface area contributed by atoms with E-state index < -0.39 is 18.5 Å². The molecule has 1 aliphatic rings. The largest absolute Gasteiger partial charge is 0.452 e. The van der Waals surface area contributed by atoms with Crippen LogP contribution in [0.15, 0.2) is 24.5 Å². The third-order valence-electron chi connectivity index (χ3n) is 5.09. The molecule has 0 radical (unpaired) electrons. The Hall–Kier alpha value is -2.72. The van der Waals surface area contributed by atoms with Gasteiger partial charge in [-0.15, -0.1) is 11.3 Å². The van der Waals surface area contributed by atoms with Crippen LogP contribution in [0.1, 0.15) is 53.6 Å². The lowest BCUT2D eigenvalue weighted by molar-refractivity contribution is -0.119. The summed E-state index contributed by atoms with van der Waals surface area (Å²) in [6, 6.07) is 5.42. The Bertz CT molecular complexity index is 923. The van der Waals surface area contributed by atoms with Gasteiger partial charge >= 0.3 is 5.97 Å². The number of rotatable bonds is 4. The summed E-state index contributed by atoms with van der Waals surface area (Å²) in [7, 11) is 0. The molecule has 0 bridgehead atoms. The number of esters is 1. The van der Waals surface area contributed by atoms with E-state index in [2.05, 4.69) is 37.1 Å². The molecule has 0 aliphatic heterocycles. The number of fused-ring (bicyclic) bond motifs is 1. The summed E-state index contributed by atoms with van der Waals surface area (Å²) in [4.78, 5) is 29.2. The second-order valence-electron chi connectivity index (χ2n) is 7.99. The summed E-state index contributed by atoms with van der Waals surface area (Å²) in [6.07, 6.45) is 5.74. The van der Waals surface area contributed by atoms with Crippen LogP contribution in [-0.2, 0) is 22.4 Å². The highest BCUT2D eigenvalue weighted by Gasteiger charge is 2.32. The highest BCUT2D eigenvalue weighted by Crippen LogP contribution is 2.43. The fourth-order valence-corrected chi connectivity index (χ4v) is 4.69. The van der Waals surface area contributed by atoms with Crippen molar-refractivity contribution >= 4 is 28.2 Å². The van der Waals surface area contributed by atoms with Gasteiger partial charge in [0.25, 0.3) is 5.91 Å². The number of pyridine rings is 1. The van der Waals surface area contributed by atoms with Gasteiger partial charge in [-0.25, -0.2) is 4.79 Å². The predicted molar refractivity (Wildman–Crippen MR) is 107 cm³/mol. The first kappa shape index (κ1) is 20.0. The van der Waals surface area contributed by atoms with E-state index in [1.807, 2.05) is 0 Å². The van der Waals surface area contributed by atoms with Crippen LogP contribution in [0.4, 0.5) is 5.00 Å². The molecular weight excluding hydrogens is 374 g/mol. The number of ether oxygens (including phenoxy) is 1. The van der Waals surface area contributed by atoms with Crippen molar-refractivity contribution in [3.8, 4) is 6.07 Å². The number of nitriles is 1. The molecular formula is C21H23N3O3S. The SMILES string of the molecule is CC(C)(C)C1CCc2c(sc(NC(=O)COC(=O)c3cccnc3)c2C#N)C1. The first-order valence-electron chi connectivity index (χ1n) is 9.21. The summed E-state index contributed by atoms with van der Waals surface area (Å²) in [5, 5.41) is 12.9. The fourth-order valence-electron chi connectivity index (χ4n) is 3.39. The van der Waals surface area contributed by atoms with Crippen molar-refractivity contribution in [3.05, 3.63) is 46.1 Å². The van der Waals surface area contributed by atoms with E-state index >= 15 is 0 Å². The molecule has 1 aliphatic carbocycles. The maximum absolute atomic E-state index is 12.2. The second-order valence-corrected chi connectivity index (χ2v) is 9.10. The van der Waals surface area contributed by atoms with E-state index in [-0.39, 0.29) is 11.0 Å². The number of anilines is 1. The number of carbonyl (C=O) groups is 2. The summed E-state index contributed by atoms with van der Waals surface area (Å²) in [6.45, 7) is 6.30. The molecule has 2 aromatic heterocycles. The maximum atomic E-state index is 12.2. The molecule has 28 heavy (non-hydrogen) atoms. The third-order valence-corrected chi connectivity index (χ3v) is 6.26. The molecule has 3 rings (SSSR count). The minimum Gasteiger partial charge on any atom is -0.452 e. The summed E-state index contributed by atoms with van der Waals surface area (Å²) in [5.41, 5.74) is 2.08. The minimum absolute atomic E-state index is 0.207. The average molecular weight is 398 g/mol. The molecule has 1 amide bonds. The Morgan fingerprint density at radius 1 is 1.43 bits per heavy atom. The Kier molecular flexibility index (Phi) is 5.80. The predicted octanol–water partition coefficient (Wildman–Crippen LogP) is 3.96. The van der Waals surface area contributed by atoms with E-state index in [4.69, 9.17) is 4.74 Å². The van der Waals surface area contributed by atoms with Crippen LogP contribution in [0.2, 0.25) is 0 Å². The van der Waals surface area contributed by atoms with Gasteiger partial charge in [0.15, 0.2) is 6.61 Å². The van der Waals surface area contributed by atoms with Crippen molar-refractivity contribution in [2.75, 3.05) is 11.9 Å². The molecule has 146 valence electrons. The number of thiophene rings is 1. The highest BCUT2D eigenvalue weighted by atomic mass is 32.1. The van der Waals surface area contributed by atoms with Crippen molar-refractivity contribution in [1.29, 1.82) is 5.26 Å². The lowest BCUT2D eigenvalue weighted by atomic mass is 9.72. The van der Waals surface area contributed by atoms with Gasteiger partial charge in [-0.05, 0) is 48.3 Å². The van der Waals surface area contributed by atoms with E-state index in [1.54, 1.807) is 18.3 Å². The van der Waals surface area contributed by atoms with Crippen molar-refractivity contribution in [2.45, 2.75) is 40.0 Å². The topological polar surface area (TPSA) is 92.1 Å². The molecule has 2 aromatic rings. The number of nitrogens with one attached hydrogen (secondary N) is 1. The smallest absolute Gasteiger partial charge is 0.340 e. The zero-order valence-corrected chi connectivity index (χ0v) is 17.1. The number of carbonyl (C=O) groups excluding carboxylic acids is 2. The van der Waals surface area contributed by atoms with E-state index in [0.29, 0.717) is 16.5 Å². The number of hydrogen-bond acceptors (Lipinski definition) is 6. The van der Waals surface area contributed by atoms with Crippen LogP contribution in [0.3, 0.4) is 0 Å². The Morgan fingerprint density at radius 3 is 2.86 bits per heavy atom. The molecule has 0 fully saturated rings. The van der Waals surface area contributed by atoms with Crippen molar-refractivity contribution in [2.24, 2.45) is 11.3 Å². The van der Waals surface area contributed by atoms with Crippen molar-refractivity contribution < 1.29 is 14.3 Å². The molecule has 1 N–H and O–H groups in total. The average Bonchev–Trinajstić information content (AvgIpc) is 3.02. The molecule has 2 heterocycles. The molecule has 0 aromatic carbocycles.